The van der Waals surface area contributed by atoms with Crippen LogP contribution in [0.5, 0.6) is 0 Å². The predicted octanol–water partition coefficient (Wildman–Crippen LogP) is 3.32. The number of nitrogens with zero attached hydrogens (tertiary/aromatic N) is 2. The second-order valence-electron chi connectivity index (χ2n) is 6.92. The molecule has 6 nitrogen and oxygen atoms in total. The van der Waals surface area contributed by atoms with E-state index >= 15 is 0 Å². The zero-order valence-electron chi connectivity index (χ0n) is 14.1. The molecular formula is C19H18N2O4S. The van der Waals surface area contributed by atoms with Crippen LogP contribution in [-0.4, -0.2) is 28.5 Å². The minimum atomic E-state index is -1.15. The summed E-state index contributed by atoms with van der Waals surface area (Å²) in [6.45, 7) is 0.906. The minimum absolute atomic E-state index is 0.0445. The van der Waals surface area contributed by atoms with Crippen molar-refractivity contribution in [2.75, 3.05) is 6.61 Å². The molecule has 3 heterocycles. The van der Waals surface area contributed by atoms with E-state index in [1.54, 1.807) is 0 Å². The molecule has 0 saturated carbocycles. The zero-order valence-corrected chi connectivity index (χ0v) is 15.0. The van der Waals surface area contributed by atoms with Crippen molar-refractivity contribution in [1.82, 2.24) is 9.88 Å². The summed E-state index contributed by atoms with van der Waals surface area (Å²) in [4.78, 5) is 31.3. The molecule has 2 saturated heterocycles. The number of imide groups is 1. The largest absolute Gasteiger partial charge is 0.427 e. The molecule has 3 aliphatic rings. The molecule has 2 atom stereocenters. The zero-order chi connectivity index (χ0) is 17.7. The van der Waals surface area contributed by atoms with Crippen LogP contribution in [0.4, 0.5) is 4.79 Å². The van der Waals surface area contributed by atoms with Crippen LogP contribution in [0.3, 0.4) is 0 Å². The third kappa shape index (κ3) is 2.30. The van der Waals surface area contributed by atoms with Crippen LogP contribution in [0.2, 0.25) is 0 Å². The molecule has 2 aliphatic heterocycles. The number of aromatic nitrogens is 1. The van der Waals surface area contributed by atoms with Crippen LogP contribution in [0.15, 0.2) is 29.6 Å². The van der Waals surface area contributed by atoms with Crippen LogP contribution in [-0.2, 0) is 32.8 Å². The molecular weight excluding hydrogens is 352 g/mol. The molecule has 134 valence electrons. The summed E-state index contributed by atoms with van der Waals surface area (Å²) >= 11 is 1.52. The first-order valence-electron chi connectivity index (χ1n) is 8.86. The van der Waals surface area contributed by atoms with E-state index in [1.807, 2.05) is 29.6 Å². The first kappa shape index (κ1) is 16.0. The van der Waals surface area contributed by atoms with Crippen LogP contribution in [0.25, 0.3) is 0 Å². The van der Waals surface area contributed by atoms with Gasteiger partial charge in [-0.2, -0.15) is 0 Å². The second-order valence-corrected chi connectivity index (χ2v) is 7.81. The summed E-state index contributed by atoms with van der Waals surface area (Å²) in [5, 5.41) is 2.81. The van der Waals surface area contributed by atoms with Crippen molar-refractivity contribution in [3.63, 3.8) is 0 Å². The lowest BCUT2D eigenvalue weighted by Gasteiger charge is -2.20. The van der Waals surface area contributed by atoms with E-state index < -0.39 is 11.7 Å². The number of benzene rings is 1. The first-order chi connectivity index (χ1) is 12.7. The van der Waals surface area contributed by atoms with Crippen molar-refractivity contribution in [3.8, 4) is 0 Å². The molecule has 1 aromatic heterocycles. The number of carbonyl (C=O) groups is 2. The number of hydrogen-bond acceptors (Lipinski definition) is 6. The summed E-state index contributed by atoms with van der Waals surface area (Å²) in [6, 6.07) is 7.69. The Bertz CT molecular complexity index is 889. The monoisotopic (exact) mass is 370 g/mol. The Morgan fingerprint density at radius 3 is 3.04 bits per heavy atom. The maximum absolute atomic E-state index is 13.1. The van der Waals surface area contributed by atoms with Crippen molar-refractivity contribution in [2.24, 2.45) is 0 Å². The lowest BCUT2D eigenvalue weighted by Crippen LogP contribution is -2.37. The van der Waals surface area contributed by atoms with Gasteiger partial charge in [0.15, 0.2) is 0 Å². The van der Waals surface area contributed by atoms with Gasteiger partial charge in [-0.05, 0) is 24.8 Å². The summed E-state index contributed by atoms with van der Waals surface area (Å²) in [5.41, 5.74) is 1.44. The number of rotatable bonds is 3. The SMILES string of the molecule is O=C1OC2(CCc3ccccc32)C(=O)N1Cc1csc(C2CCCO2)n1. The number of aryl methyl sites for hydroxylation is 1. The molecule has 0 radical (unpaired) electrons. The Morgan fingerprint density at radius 2 is 2.19 bits per heavy atom. The summed E-state index contributed by atoms with van der Waals surface area (Å²) in [7, 11) is 0. The molecule has 1 aliphatic carbocycles. The fourth-order valence-electron chi connectivity index (χ4n) is 4.07. The highest BCUT2D eigenvalue weighted by Crippen LogP contribution is 2.45. The van der Waals surface area contributed by atoms with Gasteiger partial charge >= 0.3 is 6.09 Å². The van der Waals surface area contributed by atoms with Gasteiger partial charge in [-0.1, -0.05) is 24.3 Å². The van der Waals surface area contributed by atoms with Gasteiger partial charge in [-0.15, -0.1) is 11.3 Å². The Balaban J connectivity index is 1.39. The third-order valence-electron chi connectivity index (χ3n) is 5.37. The molecule has 2 amide bonds. The highest BCUT2D eigenvalue weighted by Gasteiger charge is 2.57. The number of thiazole rings is 1. The van der Waals surface area contributed by atoms with Gasteiger partial charge in [-0.25, -0.2) is 14.7 Å². The molecule has 1 spiro atoms. The Hall–Kier alpha value is -2.25. The summed E-state index contributed by atoms with van der Waals surface area (Å²) < 4.78 is 11.3. The third-order valence-corrected chi connectivity index (χ3v) is 6.35. The maximum atomic E-state index is 13.1. The van der Waals surface area contributed by atoms with Crippen LogP contribution >= 0.6 is 11.3 Å². The molecule has 5 rings (SSSR count). The fraction of sp³-hybridized carbons (Fsp3) is 0.421. The van der Waals surface area contributed by atoms with E-state index in [0.717, 1.165) is 42.0 Å². The first-order valence-corrected chi connectivity index (χ1v) is 9.74. The van der Waals surface area contributed by atoms with Crippen molar-refractivity contribution < 1.29 is 19.1 Å². The molecule has 0 bridgehead atoms. The van der Waals surface area contributed by atoms with E-state index in [4.69, 9.17) is 9.47 Å². The van der Waals surface area contributed by atoms with Gasteiger partial charge in [0.2, 0.25) is 5.60 Å². The van der Waals surface area contributed by atoms with Crippen LogP contribution < -0.4 is 0 Å². The molecule has 0 N–H and O–H groups in total. The number of carbonyl (C=O) groups excluding carboxylic acids is 2. The number of fused-ring (bicyclic) bond motifs is 2. The van der Waals surface area contributed by atoms with Gasteiger partial charge in [0.05, 0.1) is 12.2 Å². The van der Waals surface area contributed by atoms with Gasteiger partial charge < -0.3 is 9.47 Å². The number of ether oxygens (including phenoxy) is 2. The smallest absolute Gasteiger partial charge is 0.418 e. The van der Waals surface area contributed by atoms with E-state index in [-0.39, 0.29) is 18.6 Å². The topological polar surface area (TPSA) is 68.7 Å². The van der Waals surface area contributed by atoms with Gasteiger partial charge in [0.25, 0.3) is 5.91 Å². The van der Waals surface area contributed by atoms with Crippen molar-refractivity contribution in [2.45, 2.75) is 43.9 Å². The van der Waals surface area contributed by atoms with Crippen molar-refractivity contribution >= 4 is 23.3 Å². The van der Waals surface area contributed by atoms with Crippen molar-refractivity contribution in [3.05, 3.63) is 51.5 Å². The number of hydrogen-bond donors (Lipinski definition) is 0. The van der Waals surface area contributed by atoms with Gasteiger partial charge in [0, 0.05) is 24.0 Å². The summed E-state index contributed by atoms with van der Waals surface area (Å²) in [5.74, 6) is -0.279. The normalized spacial score (nSPS) is 27.4. The van der Waals surface area contributed by atoms with Crippen LogP contribution in [0, 0.1) is 0 Å². The lowest BCUT2D eigenvalue weighted by molar-refractivity contribution is -0.137. The molecule has 26 heavy (non-hydrogen) atoms. The quantitative estimate of drug-likeness (QED) is 0.829. The van der Waals surface area contributed by atoms with E-state index in [1.165, 1.54) is 16.2 Å². The molecule has 2 fully saturated rings. The molecule has 1 aromatic carbocycles. The Kier molecular flexibility index (Phi) is 3.62. The highest BCUT2D eigenvalue weighted by molar-refractivity contribution is 7.09. The van der Waals surface area contributed by atoms with Gasteiger partial charge in [0.1, 0.15) is 11.1 Å². The van der Waals surface area contributed by atoms with Crippen LogP contribution in [0.1, 0.15) is 47.2 Å². The van der Waals surface area contributed by atoms with E-state index in [9.17, 15) is 9.59 Å². The molecule has 2 unspecified atom stereocenters. The average molecular weight is 370 g/mol. The average Bonchev–Trinajstić information content (AvgIpc) is 3.41. The lowest BCUT2D eigenvalue weighted by atomic mass is 9.95. The van der Waals surface area contributed by atoms with E-state index in [0.29, 0.717) is 12.1 Å². The number of amides is 2. The molecule has 2 aromatic rings. The van der Waals surface area contributed by atoms with E-state index in [2.05, 4.69) is 4.98 Å². The van der Waals surface area contributed by atoms with Crippen molar-refractivity contribution in [1.29, 1.82) is 0 Å². The standard InChI is InChI=1S/C19H18N2O4S/c22-17-19(8-7-12-4-1-2-5-14(12)19)25-18(23)21(17)10-13-11-26-16(20-13)15-6-3-9-24-15/h1-2,4-5,11,15H,3,6-10H2. The summed E-state index contributed by atoms with van der Waals surface area (Å²) in [6.07, 6.45) is 2.71. The maximum Gasteiger partial charge on any atom is 0.418 e. The fourth-order valence-corrected chi connectivity index (χ4v) is 4.96. The highest BCUT2D eigenvalue weighted by atomic mass is 32.1. The minimum Gasteiger partial charge on any atom is -0.427 e. The predicted molar refractivity (Wildman–Crippen MR) is 93.5 cm³/mol. The Morgan fingerprint density at radius 1 is 1.31 bits per heavy atom. The van der Waals surface area contributed by atoms with Gasteiger partial charge in [-0.3, -0.25) is 4.79 Å². The Labute approximate surface area is 154 Å². The molecule has 7 heteroatoms. The second kappa shape index (κ2) is 5.89.